The Kier molecular flexibility index (Phi) is 4.77. The molecular formula is C15H27BrO2. The van der Waals surface area contributed by atoms with Gasteiger partial charge < -0.3 is 9.47 Å². The van der Waals surface area contributed by atoms with Crippen LogP contribution >= 0.6 is 15.9 Å². The topological polar surface area (TPSA) is 18.5 Å². The smallest absolute Gasteiger partial charge is 0.0838 e. The minimum Gasteiger partial charge on any atom is -0.379 e. The Morgan fingerprint density at radius 3 is 2.33 bits per heavy atom. The summed E-state index contributed by atoms with van der Waals surface area (Å²) in [5.74, 6) is 0.841. The highest BCUT2D eigenvalue weighted by Crippen LogP contribution is 2.44. The van der Waals surface area contributed by atoms with Gasteiger partial charge in [-0.05, 0) is 43.4 Å². The fraction of sp³-hybridized carbons (Fsp3) is 1.00. The molecule has 0 aromatic carbocycles. The van der Waals surface area contributed by atoms with Gasteiger partial charge in [0.2, 0.25) is 0 Å². The fourth-order valence-electron chi connectivity index (χ4n) is 3.25. The van der Waals surface area contributed by atoms with Crippen LogP contribution in [0.25, 0.3) is 0 Å². The highest BCUT2D eigenvalue weighted by Gasteiger charge is 2.40. The summed E-state index contributed by atoms with van der Waals surface area (Å²) in [5, 5.41) is 0.966. The first-order valence-electron chi connectivity index (χ1n) is 7.27. The van der Waals surface area contributed by atoms with E-state index < -0.39 is 0 Å². The predicted octanol–water partition coefficient (Wildman–Crippen LogP) is 4.16. The SMILES string of the molecule is CC(C)(C)C1CCC(CBr)(OC2CCOC2)CC1. The van der Waals surface area contributed by atoms with Gasteiger partial charge in [-0.1, -0.05) is 36.7 Å². The van der Waals surface area contributed by atoms with E-state index in [1.165, 1.54) is 25.7 Å². The lowest BCUT2D eigenvalue weighted by Crippen LogP contribution is -2.43. The molecule has 0 amide bonds. The monoisotopic (exact) mass is 318 g/mol. The van der Waals surface area contributed by atoms with Crippen LogP contribution in [0.4, 0.5) is 0 Å². The van der Waals surface area contributed by atoms with Crippen molar-refractivity contribution in [3.63, 3.8) is 0 Å². The molecular weight excluding hydrogens is 292 g/mol. The van der Waals surface area contributed by atoms with Crippen molar-refractivity contribution in [3.05, 3.63) is 0 Å². The third-order valence-corrected chi connectivity index (χ3v) is 5.69. The minimum absolute atomic E-state index is 0.0696. The molecule has 2 aliphatic rings. The average molecular weight is 319 g/mol. The van der Waals surface area contributed by atoms with E-state index in [0.29, 0.717) is 11.5 Å². The van der Waals surface area contributed by atoms with Crippen molar-refractivity contribution in [1.82, 2.24) is 0 Å². The number of alkyl halides is 1. The maximum absolute atomic E-state index is 6.38. The summed E-state index contributed by atoms with van der Waals surface area (Å²) in [6.07, 6.45) is 6.37. The second-order valence-corrected chi connectivity index (χ2v) is 7.62. The standard InChI is InChI=1S/C15H27BrO2/c1-14(2,3)12-4-7-15(11-16,8-5-12)18-13-6-9-17-10-13/h12-13H,4-11H2,1-3H3. The van der Waals surface area contributed by atoms with Gasteiger partial charge in [-0.3, -0.25) is 0 Å². The van der Waals surface area contributed by atoms with Crippen molar-refractivity contribution in [2.45, 2.75) is 64.6 Å². The Labute approximate surface area is 120 Å². The van der Waals surface area contributed by atoms with Crippen LogP contribution in [0.15, 0.2) is 0 Å². The quantitative estimate of drug-likeness (QED) is 0.727. The normalized spacial score (nSPS) is 38.0. The molecule has 1 saturated heterocycles. The third-order valence-electron chi connectivity index (χ3n) is 4.67. The van der Waals surface area contributed by atoms with Crippen LogP contribution < -0.4 is 0 Å². The van der Waals surface area contributed by atoms with Crippen molar-refractivity contribution >= 4 is 15.9 Å². The zero-order valence-corrected chi connectivity index (χ0v) is 13.6. The van der Waals surface area contributed by atoms with Gasteiger partial charge in [0.1, 0.15) is 0 Å². The molecule has 0 aromatic heterocycles. The molecule has 0 aromatic rings. The minimum atomic E-state index is 0.0696. The summed E-state index contributed by atoms with van der Waals surface area (Å²) in [4.78, 5) is 0. The average Bonchev–Trinajstić information content (AvgIpc) is 2.81. The van der Waals surface area contributed by atoms with Gasteiger partial charge in [0.05, 0.1) is 18.3 Å². The molecule has 2 fully saturated rings. The van der Waals surface area contributed by atoms with Crippen molar-refractivity contribution in [2.24, 2.45) is 11.3 Å². The van der Waals surface area contributed by atoms with Crippen LogP contribution in [-0.4, -0.2) is 30.2 Å². The summed E-state index contributed by atoms with van der Waals surface area (Å²) in [5.41, 5.74) is 0.509. The molecule has 0 radical (unpaired) electrons. The van der Waals surface area contributed by atoms with E-state index in [0.717, 1.165) is 30.9 Å². The number of rotatable bonds is 3. The van der Waals surface area contributed by atoms with Crippen molar-refractivity contribution < 1.29 is 9.47 Å². The van der Waals surface area contributed by atoms with Crippen molar-refractivity contribution in [3.8, 4) is 0 Å². The molecule has 1 aliphatic carbocycles. The maximum atomic E-state index is 6.38. The van der Waals surface area contributed by atoms with Gasteiger partial charge in [0.25, 0.3) is 0 Å². The van der Waals surface area contributed by atoms with E-state index in [-0.39, 0.29) is 5.60 Å². The van der Waals surface area contributed by atoms with Gasteiger partial charge in [-0.2, -0.15) is 0 Å². The van der Waals surface area contributed by atoms with Crippen LogP contribution in [0.2, 0.25) is 0 Å². The Morgan fingerprint density at radius 1 is 1.22 bits per heavy atom. The number of ether oxygens (including phenoxy) is 2. The third kappa shape index (κ3) is 3.49. The molecule has 1 unspecified atom stereocenters. The van der Waals surface area contributed by atoms with E-state index in [1.54, 1.807) is 0 Å². The number of hydrogen-bond acceptors (Lipinski definition) is 2. The first-order chi connectivity index (χ1) is 8.45. The molecule has 0 N–H and O–H groups in total. The van der Waals surface area contributed by atoms with E-state index in [1.807, 2.05) is 0 Å². The zero-order valence-electron chi connectivity index (χ0n) is 12.0. The Balaban J connectivity index is 1.90. The zero-order chi connectivity index (χ0) is 13.2. The molecule has 0 spiro atoms. The maximum Gasteiger partial charge on any atom is 0.0838 e. The van der Waals surface area contributed by atoms with Crippen LogP contribution in [0.1, 0.15) is 52.9 Å². The van der Waals surface area contributed by atoms with E-state index in [4.69, 9.17) is 9.47 Å². The first-order valence-corrected chi connectivity index (χ1v) is 8.39. The number of hydrogen-bond donors (Lipinski definition) is 0. The van der Waals surface area contributed by atoms with Gasteiger partial charge in [0, 0.05) is 11.9 Å². The molecule has 1 atom stereocenters. The molecule has 0 bridgehead atoms. The van der Waals surface area contributed by atoms with Crippen LogP contribution in [0.5, 0.6) is 0 Å². The predicted molar refractivity (Wildman–Crippen MR) is 78.2 cm³/mol. The second-order valence-electron chi connectivity index (χ2n) is 7.06. The Bertz CT molecular complexity index is 258. The summed E-state index contributed by atoms with van der Waals surface area (Å²) >= 11 is 3.68. The summed E-state index contributed by atoms with van der Waals surface area (Å²) in [6.45, 7) is 8.75. The second kappa shape index (κ2) is 5.80. The molecule has 1 aliphatic heterocycles. The van der Waals surface area contributed by atoms with Crippen LogP contribution in [-0.2, 0) is 9.47 Å². The first kappa shape index (κ1) is 14.8. The van der Waals surface area contributed by atoms with Gasteiger partial charge in [-0.25, -0.2) is 0 Å². The lowest BCUT2D eigenvalue weighted by atomic mass is 9.69. The van der Waals surface area contributed by atoms with E-state index >= 15 is 0 Å². The molecule has 106 valence electrons. The van der Waals surface area contributed by atoms with Gasteiger partial charge in [0.15, 0.2) is 0 Å². The van der Waals surface area contributed by atoms with Gasteiger partial charge in [-0.15, -0.1) is 0 Å². The molecule has 3 heteroatoms. The highest BCUT2D eigenvalue weighted by atomic mass is 79.9. The van der Waals surface area contributed by atoms with Crippen LogP contribution in [0.3, 0.4) is 0 Å². The summed E-state index contributed by atoms with van der Waals surface area (Å²) in [6, 6.07) is 0. The lowest BCUT2D eigenvalue weighted by Gasteiger charge is -2.44. The van der Waals surface area contributed by atoms with Gasteiger partial charge >= 0.3 is 0 Å². The van der Waals surface area contributed by atoms with Crippen molar-refractivity contribution in [1.29, 1.82) is 0 Å². The largest absolute Gasteiger partial charge is 0.379 e. The lowest BCUT2D eigenvalue weighted by molar-refractivity contribution is -0.109. The Morgan fingerprint density at radius 2 is 1.89 bits per heavy atom. The fourth-order valence-corrected chi connectivity index (χ4v) is 3.95. The summed E-state index contributed by atoms with van der Waals surface area (Å²) < 4.78 is 11.8. The molecule has 1 saturated carbocycles. The molecule has 2 nitrogen and oxygen atoms in total. The summed E-state index contributed by atoms with van der Waals surface area (Å²) in [7, 11) is 0. The Hall–Kier alpha value is 0.400. The van der Waals surface area contributed by atoms with Crippen LogP contribution in [0, 0.1) is 11.3 Å². The number of halogens is 1. The highest BCUT2D eigenvalue weighted by molar-refractivity contribution is 9.09. The molecule has 18 heavy (non-hydrogen) atoms. The van der Waals surface area contributed by atoms with E-state index in [9.17, 15) is 0 Å². The molecule has 1 heterocycles. The van der Waals surface area contributed by atoms with E-state index in [2.05, 4.69) is 36.7 Å². The van der Waals surface area contributed by atoms with Crippen molar-refractivity contribution in [2.75, 3.05) is 18.5 Å². The molecule has 2 rings (SSSR count).